The van der Waals surface area contributed by atoms with Crippen LogP contribution in [0.3, 0.4) is 0 Å². The summed E-state index contributed by atoms with van der Waals surface area (Å²) in [5, 5.41) is 14.2. The second-order valence-electron chi connectivity index (χ2n) is 4.24. The quantitative estimate of drug-likeness (QED) is 0.202. The number of nitriles is 1. The van der Waals surface area contributed by atoms with E-state index in [0.29, 0.717) is 25.6 Å². The number of nitrogens with zero attached hydrogens (tertiary/aromatic N) is 3. The largest absolute Gasteiger partial charge is 0.495 e. The Labute approximate surface area is 135 Å². The molecule has 0 amide bonds. The van der Waals surface area contributed by atoms with Crippen molar-refractivity contribution < 1.29 is 4.74 Å². The van der Waals surface area contributed by atoms with Crippen molar-refractivity contribution in [3.8, 4) is 11.9 Å². The Balaban J connectivity index is 2.32. The average Bonchev–Trinajstić information content (AvgIpc) is 2.55. The van der Waals surface area contributed by atoms with Crippen molar-refractivity contribution in [2.45, 2.75) is 12.2 Å². The van der Waals surface area contributed by atoms with E-state index in [1.165, 1.54) is 0 Å². The molecule has 0 spiro atoms. The lowest BCUT2D eigenvalue weighted by Crippen LogP contribution is -2.36. The fraction of sp³-hybridized carbons (Fsp3) is 0.500. The minimum Gasteiger partial charge on any atom is -0.495 e. The Morgan fingerprint density at radius 3 is 3.18 bits per heavy atom. The van der Waals surface area contributed by atoms with Gasteiger partial charge in [0.25, 0.3) is 0 Å². The molecule has 0 saturated heterocycles. The first-order valence-electron chi connectivity index (χ1n) is 7.01. The van der Waals surface area contributed by atoms with Crippen LogP contribution in [0.15, 0.2) is 23.3 Å². The van der Waals surface area contributed by atoms with Gasteiger partial charge in [0, 0.05) is 24.2 Å². The van der Waals surface area contributed by atoms with E-state index in [1.54, 1.807) is 25.1 Å². The fourth-order valence-electron chi connectivity index (χ4n) is 1.61. The van der Waals surface area contributed by atoms with Crippen LogP contribution in [0.4, 0.5) is 0 Å². The molecule has 0 atom stereocenters. The van der Waals surface area contributed by atoms with Crippen molar-refractivity contribution in [3.63, 3.8) is 0 Å². The van der Waals surface area contributed by atoms with Crippen molar-refractivity contribution in [1.82, 2.24) is 15.6 Å². The van der Waals surface area contributed by atoms with Crippen molar-refractivity contribution in [2.75, 3.05) is 32.5 Å². The Kier molecular flexibility index (Phi) is 9.57. The summed E-state index contributed by atoms with van der Waals surface area (Å²) in [6.07, 6.45) is 4.46. The van der Waals surface area contributed by atoms with Crippen LogP contribution in [-0.4, -0.2) is 43.4 Å². The molecule has 0 aliphatic rings. The van der Waals surface area contributed by atoms with Gasteiger partial charge >= 0.3 is 0 Å². The normalized spacial score (nSPS) is 10.9. The predicted molar refractivity (Wildman–Crippen MR) is 89.7 cm³/mol. The third kappa shape index (κ3) is 7.15. The summed E-state index contributed by atoms with van der Waals surface area (Å²) in [5.41, 5.74) is 6.35. The topological polar surface area (TPSA) is 108 Å². The number of guanidine groups is 1. The molecular weight excluding hydrogens is 300 g/mol. The summed E-state index contributed by atoms with van der Waals surface area (Å²) in [6, 6.07) is 3.75. The summed E-state index contributed by atoms with van der Waals surface area (Å²) < 4.78 is 5.26. The Hall–Kier alpha value is -1.98. The number of methoxy groups -OCH3 is 1. The number of hydrogen-bond acceptors (Lipinski definition) is 6. The van der Waals surface area contributed by atoms with Gasteiger partial charge in [0.1, 0.15) is 5.75 Å². The molecule has 7 nitrogen and oxygen atoms in total. The lowest BCUT2D eigenvalue weighted by Gasteiger charge is -2.08. The highest BCUT2D eigenvalue weighted by molar-refractivity contribution is 7.98. The van der Waals surface area contributed by atoms with Crippen LogP contribution in [0, 0.1) is 11.5 Å². The second-order valence-corrected chi connectivity index (χ2v) is 5.35. The predicted octanol–water partition coefficient (Wildman–Crippen LogP) is 0.688. The molecule has 0 aliphatic carbocycles. The molecule has 4 N–H and O–H groups in total. The van der Waals surface area contributed by atoms with Gasteiger partial charge < -0.3 is 15.8 Å². The number of hydrogen-bond donors (Lipinski definition) is 3. The van der Waals surface area contributed by atoms with Crippen molar-refractivity contribution in [1.29, 1.82) is 5.26 Å². The van der Waals surface area contributed by atoms with Crippen LogP contribution >= 0.6 is 11.8 Å². The number of aliphatic imine (C=N–C) groups is 1. The Morgan fingerprint density at radius 2 is 2.45 bits per heavy atom. The SMILES string of the molecule is COc1cccnc1CSCC/N=C(\NC#N)NCCCN. The first-order chi connectivity index (χ1) is 10.8. The molecule has 1 rings (SSSR count). The zero-order valence-electron chi connectivity index (χ0n) is 12.7. The monoisotopic (exact) mass is 322 g/mol. The maximum atomic E-state index is 8.67. The first-order valence-corrected chi connectivity index (χ1v) is 8.16. The molecule has 1 aromatic heterocycles. The van der Waals surface area contributed by atoms with Crippen LogP contribution in [0.25, 0.3) is 0 Å². The van der Waals surface area contributed by atoms with E-state index in [-0.39, 0.29) is 0 Å². The first kappa shape index (κ1) is 18.1. The molecule has 0 unspecified atom stereocenters. The van der Waals surface area contributed by atoms with Gasteiger partial charge in [-0.15, -0.1) is 0 Å². The molecule has 8 heteroatoms. The lowest BCUT2D eigenvalue weighted by molar-refractivity contribution is 0.409. The molecule has 1 heterocycles. The number of ether oxygens (including phenoxy) is 1. The highest BCUT2D eigenvalue weighted by Gasteiger charge is 2.03. The molecule has 0 aliphatic heterocycles. The van der Waals surface area contributed by atoms with Crippen LogP contribution in [0.2, 0.25) is 0 Å². The smallest absolute Gasteiger partial charge is 0.204 e. The maximum Gasteiger partial charge on any atom is 0.204 e. The summed E-state index contributed by atoms with van der Waals surface area (Å²) in [4.78, 5) is 8.62. The van der Waals surface area contributed by atoms with Gasteiger partial charge in [-0.2, -0.15) is 17.0 Å². The van der Waals surface area contributed by atoms with Crippen molar-refractivity contribution >= 4 is 17.7 Å². The fourth-order valence-corrected chi connectivity index (χ4v) is 2.38. The van der Waals surface area contributed by atoms with E-state index in [1.807, 2.05) is 18.3 Å². The van der Waals surface area contributed by atoms with Crippen LogP contribution in [0.1, 0.15) is 12.1 Å². The molecular formula is C14H22N6OS. The highest BCUT2D eigenvalue weighted by Crippen LogP contribution is 2.19. The second kappa shape index (κ2) is 11.7. The zero-order chi connectivity index (χ0) is 16.0. The summed E-state index contributed by atoms with van der Waals surface area (Å²) >= 11 is 1.72. The molecule has 1 aromatic rings. The van der Waals surface area contributed by atoms with Crippen molar-refractivity contribution in [3.05, 3.63) is 24.0 Å². The van der Waals surface area contributed by atoms with Crippen molar-refractivity contribution in [2.24, 2.45) is 10.7 Å². The minimum atomic E-state index is 0.493. The van der Waals surface area contributed by atoms with Crippen LogP contribution in [-0.2, 0) is 5.75 Å². The van der Waals surface area contributed by atoms with Gasteiger partial charge in [-0.3, -0.25) is 15.3 Å². The van der Waals surface area contributed by atoms with Gasteiger partial charge in [0.2, 0.25) is 5.96 Å². The van der Waals surface area contributed by atoms with Gasteiger partial charge in [-0.05, 0) is 25.1 Å². The molecule has 120 valence electrons. The minimum absolute atomic E-state index is 0.493. The van der Waals surface area contributed by atoms with Gasteiger partial charge in [0.15, 0.2) is 6.19 Å². The van der Waals surface area contributed by atoms with E-state index in [9.17, 15) is 0 Å². The number of pyridine rings is 1. The molecule has 0 radical (unpaired) electrons. The van der Waals surface area contributed by atoms with E-state index in [4.69, 9.17) is 15.7 Å². The van der Waals surface area contributed by atoms with E-state index in [2.05, 4.69) is 20.6 Å². The van der Waals surface area contributed by atoms with E-state index in [0.717, 1.165) is 29.4 Å². The van der Waals surface area contributed by atoms with E-state index < -0.39 is 0 Å². The molecule has 22 heavy (non-hydrogen) atoms. The molecule has 0 bridgehead atoms. The molecule has 0 aromatic carbocycles. The third-order valence-electron chi connectivity index (χ3n) is 2.66. The number of aromatic nitrogens is 1. The Morgan fingerprint density at radius 1 is 1.59 bits per heavy atom. The van der Waals surface area contributed by atoms with Gasteiger partial charge in [-0.1, -0.05) is 0 Å². The zero-order valence-corrected chi connectivity index (χ0v) is 13.5. The number of nitrogens with one attached hydrogen (secondary N) is 2. The lowest BCUT2D eigenvalue weighted by atomic mass is 10.3. The maximum absolute atomic E-state index is 8.67. The highest BCUT2D eigenvalue weighted by atomic mass is 32.2. The standard InChI is InChI=1S/C14H22N6OS/c1-21-13-4-2-6-17-12(13)10-22-9-8-19-14(20-11-16)18-7-3-5-15/h2,4,6H,3,5,7-10,15H2,1H3,(H2,18,19,20). The molecule has 0 saturated carbocycles. The van der Waals surface area contributed by atoms with E-state index >= 15 is 0 Å². The summed E-state index contributed by atoms with van der Waals surface area (Å²) in [5.74, 6) is 2.89. The third-order valence-corrected chi connectivity index (χ3v) is 3.61. The van der Waals surface area contributed by atoms with Crippen LogP contribution < -0.4 is 21.1 Å². The van der Waals surface area contributed by atoms with Gasteiger partial charge in [-0.25, -0.2) is 0 Å². The Bertz CT molecular complexity index is 502. The summed E-state index contributed by atoms with van der Waals surface area (Å²) in [6.45, 7) is 1.91. The number of rotatable bonds is 9. The molecule has 0 fully saturated rings. The average molecular weight is 322 g/mol. The number of thioether (sulfide) groups is 1. The number of nitrogens with two attached hydrogens (primary N) is 1. The summed E-state index contributed by atoms with van der Waals surface area (Å²) in [7, 11) is 1.64. The van der Waals surface area contributed by atoms with Crippen LogP contribution in [0.5, 0.6) is 5.75 Å². The van der Waals surface area contributed by atoms with Gasteiger partial charge in [0.05, 0.1) is 19.3 Å².